The van der Waals surface area contributed by atoms with Gasteiger partial charge in [-0.1, -0.05) is 17.7 Å². The van der Waals surface area contributed by atoms with Crippen LogP contribution in [0.1, 0.15) is 18.4 Å². The van der Waals surface area contributed by atoms with E-state index in [9.17, 15) is 4.79 Å². The summed E-state index contributed by atoms with van der Waals surface area (Å²) in [5.74, 6) is 0.984. The maximum absolute atomic E-state index is 12.9. The molecule has 0 radical (unpaired) electrons. The second-order valence-electron chi connectivity index (χ2n) is 7.70. The van der Waals surface area contributed by atoms with Crippen molar-refractivity contribution in [2.24, 2.45) is 5.92 Å². The molecule has 25 heavy (non-hydrogen) atoms. The number of anilines is 1. The molecule has 2 atom stereocenters. The van der Waals surface area contributed by atoms with Crippen LogP contribution in [0.25, 0.3) is 0 Å². The van der Waals surface area contributed by atoms with E-state index >= 15 is 0 Å². The fraction of sp³-hybridized carbons (Fsp3) is 0.650. The molecule has 0 aromatic heterocycles. The molecule has 2 unspecified atom stereocenters. The minimum Gasteiger partial charge on any atom is -0.381 e. The number of hydrogen-bond donors (Lipinski definition) is 0. The standard InChI is InChI=1S/C20H29N3O2/c1-16-2-4-18(5-3-16)23-8-6-19(20(23)24)22-11-9-21(10-12-22)14-17-7-13-25-15-17/h2-5,17,19H,6-15H2,1H3. The molecule has 0 bridgehead atoms. The summed E-state index contributed by atoms with van der Waals surface area (Å²) in [6, 6.07) is 8.37. The van der Waals surface area contributed by atoms with Crippen LogP contribution in [0.2, 0.25) is 0 Å². The van der Waals surface area contributed by atoms with Gasteiger partial charge in [0.15, 0.2) is 0 Å². The first kappa shape index (κ1) is 17.0. The minimum atomic E-state index is 0.0678. The average molecular weight is 343 g/mol. The van der Waals surface area contributed by atoms with E-state index in [2.05, 4.69) is 41.0 Å². The molecular weight excluding hydrogens is 314 g/mol. The molecule has 0 N–H and O–H groups in total. The number of piperazine rings is 1. The largest absolute Gasteiger partial charge is 0.381 e. The molecule has 1 aromatic carbocycles. The van der Waals surface area contributed by atoms with Crippen molar-refractivity contribution < 1.29 is 9.53 Å². The summed E-state index contributed by atoms with van der Waals surface area (Å²) < 4.78 is 5.49. The second kappa shape index (κ2) is 7.44. The Hall–Kier alpha value is -1.43. The van der Waals surface area contributed by atoms with Crippen LogP contribution in [-0.2, 0) is 9.53 Å². The number of nitrogens with zero attached hydrogens (tertiary/aromatic N) is 3. The van der Waals surface area contributed by atoms with Crippen molar-refractivity contribution in [3.63, 3.8) is 0 Å². The first-order chi connectivity index (χ1) is 12.2. The van der Waals surface area contributed by atoms with Crippen LogP contribution in [0, 0.1) is 12.8 Å². The summed E-state index contributed by atoms with van der Waals surface area (Å²) in [4.78, 5) is 19.8. The molecule has 1 aromatic rings. The molecule has 5 heteroatoms. The third kappa shape index (κ3) is 3.73. The van der Waals surface area contributed by atoms with Gasteiger partial charge in [-0.2, -0.15) is 0 Å². The average Bonchev–Trinajstić information content (AvgIpc) is 3.26. The van der Waals surface area contributed by atoms with Crippen molar-refractivity contribution in [3.05, 3.63) is 29.8 Å². The Morgan fingerprint density at radius 2 is 1.80 bits per heavy atom. The lowest BCUT2D eigenvalue weighted by molar-refractivity contribution is -0.122. The number of amides is 1. The Morgan fingerprint density at radius 1 is 1.04 bits per heavy atom. The Bertz CT molecular complexity index is 589. The molecule has 0 aliphatic carbocycles. The Balaban J connectivity index is 1.31. The summed E-state index contributed by atoms with van der Waals surface area (Å²) in [5, 5.41) is 0. The lowest BCUT2D eigenvalue weighted by Crippen LogP contribution is -2.53. The van der Waals surface area contributed by atoms with Gasteiger partial charge in [0.05, 0.1) is 12.6 Å². The van der Waals surface area contributed by atoms with Crippen molar-refractivity contribution in [2.75, 3.05) is 57.4 Å². The van der Waals surface area contributed by atoms with Crippen LogP contribution in [-0.4, -0.2) is 74.2 Å². The molecule has 3 aliphatic rings. The number of benzene rings is 1. The monoisotopic (exact) mass is 343 g/mol. The zero-order valence-electron chi connectivity index (χ0n) is 15.2. The van der Waals surface area contributed by atoms with Gasteiger partial charge in [0, 0.05) is 51.6 Å². The topological polar surface area (TPSA) is 36.0 Å². The first-order valence-electron chi connectivity index (χ1n) is 9.63. The van der Waals surface area contributed by atoms with Crippen molar-refractivity contribution >= 4 is 11.6 Å². The Kier molecular flexibility index (Phi) is 5.06. The summed E-state index contributed by atoms with van der Waals surface area (Å²) >= 11 is 0. The van der Waals surface area contributed by atoms with Crippen molar-refractivity contribution in [1.29, 1.82) is 0 Å². The Morgan fingerprint density at radius 3 is 2.48 bits per heavy atom. The molecule has 3 fully saturated rings. The Labute approximate surface area is 150 Å². The van der Waals surface area contributed by atoms with Gasteiger partial charge in [0.2, 0.25) is 5.91 Å². The van der Waals surface area contributed by atoms with Gasteiger partial charge >= 0.3 is 0 Å². The van der Waals surface area contributed by atoms with Crippen LogP contribution >= 0.6 is 0 Å². The quantitative estimate of drug-likeness (QED) is 0.835. The summed E-state index contributed by atoms with van der Waals surface area (Å²) in [6.07, 6.45) is 2.15. The highest BCUT2D eigenvalue weighted by Gasteiger charge is 2.37. The minimum absolute atomic E-state index is 0.0678. The van der Waals surface area contributed by atoms with Crippen molar-refractivity contribution in [3.8, 4) is 0 Å². The van der Waals surface area contributed by atoms with E-state index in [-0.39, 0.29) is 11.9 Å². The lowest BCUT2D eigenvalue weighted by atomic mass is 10.1. The zero-order valence-corrected chi connectivity index (χ0v) is 15.2. The summed E-state index contributed by atoms with van der Waals surface area (Å²) in [5.41, 5.74) is 2.27. The molecule has 4 rings (SSSR count). The number of carbonyl (C=O) groups excluding carboxylic acids is 1. The number of ether oxygens (including phenoxy) is 1. The maximum Gasteiger partial charge on any atom is 0.244 e. The van der Waals surface area contributed by atoms with Gasteiger partial charge in [0.25, 0.3) is 0 Å². The van der Waals surface area contributed by atoms with Crippen molar-refractivity contribution in [1.82, 2.24) is 9.80 Å². The molecule has 3 heterocycles. The van der Waals surface area contributed by atoms with E-state index in [1.807, 2.05) is 4.90 Å². The summed E-state index contributed by atoms with van der Waals surface area (Å²) in [6.45, 7) is 10.1. The molecule has 0 spiro atoms. The summed E-state index contributed by atoms with van der Waals surface area (Å²) in [7, 11) is 0. The molecular formula is C20H29N3O2. The van der Waals surface area contributed by atoms with Gasteiger partial charge in [-0.3, -0.25) is 9.69 Å². The number of carbonyl (C=O) groups is 1. The predicted octanol–water partition coefficient (Wildman–Crippen LogP) is 1.75. The van der Waals surface area contributed by atoms with Gasteiger partial charge in [-0.15, -0.1) is 0 Å². The van der Waals surface area contributed by atoms with E-state index in [1.54, 1.807) is 0 Å². The zero-order chi connectivity index (χ0) is 17.2. The molecule has 1 amide bonds. The fourth-order valence-electron chi connectivity index (χ4n) is 4.33. The van der Waals surface area contributed by atoms with E-state index in [1.165, 1.54) is 12.0 Å². The van der Waals surface area contributed by atoms with Crippen LogP contribution in [0.3, 0.4) is 0 Å². The third-order valence-electron chi connectivity index (χ3n) is 5.91. The molecule has 3 aliphatic heterocycles. The molecule has 3 saturated heterocycles. The number of rotatable bonds is 4. The van der Waals surface area contributed by atoms with Crippen molar-refractivity contribution in [2.45, 2.75) is 25.8 Å². The highest BCUT2D eigenvalue weighted by Crippen LogP contribution is 2.25. The van der Waals surface area contributed by atoms with Gasteiger partial charge in [0.1, 0.15) is 0 Å². The maximum atomic E-state index is 12.9. The molecule has 0 saturated carbocycles. The second-order valence-corrected chi connectivity index (χ2v) is 7.70. The SMILES string of the molecule is Cc1ccc(N2CCC(N3CCN(CC4CCOC4)CC3)C2=O)cc1. The van der Waals surface area contributed by atoms with E-state index in [0.717, 1.165) is 64.6 Å². The van der Waals surface area contributed by atoms with E-state index in [4.69, 9.17) is 4.74 Å². The highest BCUT2D eigenvalue weighted by molar-refractivity contribution is 5.99. The fourth-order valence-corrected chi connectivity index (χ4v) is 4.33. The van der Waals surface area contributed by atoms with Gasteiger partial charge < -0.3 is 14.5 Å². The van der Waals surface area contributed by atoms with Gasteiger partial charge in [-0.25, -0.2) is 0 Å². The lowest BCUT2D eigenvalue weighted by Gasteiger charge is -2.38. The smallest absolute Gasteiger partial charge is 0.244 e. The van der Waals surface area contributed by atoms with Crippen LogP contribution in [0.5, 0.6) is 0 Å². The van der Waals surface area contributed by atoms with E-state index < -0.39 is 0 Å². The highest BCUT2D eigenvalue weighted by atomic mass is 16.5. The number of aryl methyl sites for hydroxylation is 1. The predicted molar refractivity (Wildman–Crippen MR) is 98.9 cm³/mol. The normalized spacial score (nSPS) is 28.8. The first-order valence-corrected chi connectivity index (χ1v) is 9.63. The van der Waals surface area contributed by atoms with Crippen LogP contribution < -0.4 is 4.90 Å². The third-order valence-corrected chi connectivity index (χ3v) is 5.91. The van der Waals surface area contributed by atoms with Crippen LogP contribution in [0.4, 0.5) is 5.69 Å². The van der Waals surface area contributed by atoms with Gasteiger partial charge in [-0.05, 0) is 37.8 Å². The molecule has 5 nitrogen and oxygen atoms in total. The number of hydrogen-bond acceptors (Lipinski definition) is 4. The van der Waals surface area contributed by atoms with E-state index in [0.29, 0.717) is 5.92 Å². The van der Waals surface area contributed by atoms with Crippen LogP contribution in [0.15, 0.2) is 24.3 Å². The molecule has 136 valence electrons.